The van der Waals surface area contributed by atoms with Crippen LogP contribution >= 0.6 is 0 Å². The Bertz CT molecular complexity index is 957. The smallest absolute Gasteiger partial charge is 0.326 e. The predicted molar refractivity (Wildman–Crippen MR) is 147 cm³/mol. The lowest BCUT2D eigenvalue weighted by atomic mass is 10.1. The predicted octanol–water partition coefficient (Wildman–Crippen LogP) is -0.742. The van der Waals surface area contributed by atoms with Crippen molar-refractivity contribution in [1.29, 1.82) is 0 Å². The Labute approximate surface area is 243 Å². The van der Waals surface area contributed by atoms with Gasteiger partial charge in [0.25, 0.3) is 0 Å². The monoisotopic (exact) mass is 601 g/mol. The lowest BCUT2D eigenvalue weighted by molar-refractivity contribution is -0.144. The summed E-state index contributed by atoms with van der Waals surface area (Å²) in [6, 6.07) is -4.28. The maximum Gasteiger partial charge on any atom is 0.326 e. The number of carbonyl (C=O) groups excluding carboxylic acids is 5. The molecule has 0 aromatic rings. The van der Waals surface area contributed by atoms with Crippen molar-refractivity contribution >= 4 is 47.4 Å². The second-order valence-electron chi connectivity index (χ2n) is 9.63. The van der Waals surface area contributed by atoms with Crippen LogP contribution in [0.3, 0.4) is 0 Å². The molecule has 0 aromatic carbocycles. The normalized spacial score (nSPS) is 12.6. The molecule has 0 heterocycles. The van der Waals surface area contributed by atoms with Gasteiger partial charge in [-0.15, -0.1) is 0 Å². The van der Waals surface area contributed by atoms with Gasteiger partial charge < -0.3 is 41.9 Å². The third kappa shape index (κ3) is 18.9. The summed E-state index contributed by atoms with van der Waals surface area (Å²) in [4.78, 5) is 93.4. The molecule has 238 valence electrons. The van der Waals surface area contributed by atoms with E-state index in [4.69, 9.17) is 5.11 Å². The van der Waals surface area contributed by atoms with Crippen LogP contribution in [0, 0.1) is 0 Å². The Balaban J connectivity index is 4.53. The first-order valence-electron chi connectivity index (χ1n) is 13.8. The van der Waals surface area contributed by atoms with Crippen molar-refractivity contribution in [2.75, 3.05) is 13.1 Å². The van der Waals surface area contributed by atoms with Crippen LogP contribution in [0.5, 0.6) is 0 Å². The Morgan fingerprint density at radius 1 is 0.524 bits per heavy atom. The molecular weight excluding hydrogens is 558 g/mol. The summed E-state index contributed by atoms with van der Waals surface area (Å²) >= 11 is 0. The summed E-state index contributed by atoms with van der Waals surface area (Å²) < 4.78 is 0. The number of nitrogens with one attached hydrogen (secondary N) is 5. The lowest BCUT2D eigenvalue weighted by Gasteiger charge is -2.17. The fourth-order valence-electron chi connectivity index (χ4n) is 3.63. The molecule has 0 rings (SSSR count). The minimum atomic E-state index is -1.51. The average molecular weight is 602 g/mol. The highest BCUT2D eigenvalue weighted by Gasteiger charge is 2.25. The number of aliphatic carboxylic acids is 3. The van der Waals surface area contributed by atoms with Gasteiger partial charge in [-0.25, -0.2) is 14.4 Å². The molecule has 1 unspecified atom stereocenters. The number of amides is 5. The van der Waals surface area contributed by atoms with Gasteiger partial charge in [-0.2, -0.15) is 0 Å². The molecule has 0 bridgehead atoms. The van der Waals surface area contributed by atoms with E-state index in [2.05, 4.69) is 33.5 Å². The van der Waals surface area contributed by atoms with Crippen LogP contribution in [-0.4, -0.2) is 94.0 Å². The van der Waals surface area contributed by atoms with Crippen molar-refractivity contribution in [1.82, 2.24) is 26.6 Å². The Morgan fingerprint density at radius 2 is 0.905 bits per heavy atom. The summed E-state index contributed by atoms with van der Waals surface area (Å²) in [6.45, 7) is 3.98. The third-order valence-corrected chi connectivity index (χ3v) is 5.93. The van der Waals surface area contributed by atoms with E-state index in [1.807, 2.05) is 0 Å². The quantitative estimate of drug-likeness (QED) is 0.0676. The summed E-state index contributed by atoms with van der Waals surface area (Å²) in [6.07, 6.45) is 1.59. The Morgan fingerprint density at radius 3 is 1.31 bits per heavy atom. The largest absolute Gasteiger partial charge is 0.480 e. The number of hydrogen-bond donors (Lipinski definition) is 8. The van der Waals surface area contributed by atoms with Crippen LogP contribution in [0.2, 0.25) is 0 Å². The van der Waals surface area contributed by atoms with Crippen molar-refractivity contribution in [3.8, 4) is 0 Å². The summed E-state index contributed by atoms with van der Waals surface area (Å²) in [7, 11) is 0. The fraction of sp³-hybridized carbons (Fsp3) is 0.692. The number of rotatable bonds is 23. The molecule has 3 atom stereocenters. The van der Waals surface area contributed by atoms with E-state index in [-0.39, 0.29) is 44.6 Å². The highest BCUT2D eigenvalue weighted by Crippen LogP contribution is 2.05. The van der Waals surface area contributed by atoms with Crippen molar-refractivity contribution in [3.63, 3.8) is 0 Å². The molecule has 0 aliphatic heterocycles. The zero-order chi connectivity index (χ0) is 32.1. The molecule has 0 aliphatic carbocycles. The molecule has 0 aromatic heterocycles. The maximum atomic E-state index is 12.3. The third-order valence-electron chi connectivity index (χ3n) is 5.93. The maximum absolute atomic E-state index is 12.3. The van der Waals surface area contributed by atoms with Crippen molar-refractivity contribution in [2.24, 2.45) is 0 Å². The first-order chi connectivity index (χ1) is 19.8. The van der Waals surface area contributed by atoms with Gasteiger partial charge in [0.05, 0.1) is 0 Å². The van der Waals surface area contributed by atoms with E-state index >= 15 is 0 Å². The molecule has 42 heavy (non-hydrogen) atoms. The van der Waals surface area contributed by atoms with Gasteiger partial charge in [-0.05, 0) is 32.1 Å². The molecule has 0 saturated carbocycles. The summed E-state index contributed by atoms with van der Waals surface area (Å²) in [5.74, 6) is -7.06. The van der Waals surface area contributed by atoms with Crippen LogP contribution in [0.4, 0.5) is 0 Å². The molecule has 0 radical (unpaired) electrons. The Kier molecular flexibility index (Phi) is 19.3. The number of hydrogen-bond acceptors (Lipinski definition) is 8. The topological polar surface area (TPSA) is 257 Å². The van der Waals surface area contributed by atoms with E-state index in [9.17, 15) is 48.6 Å². The van der Waals surface area contributed by atoms with Gasteiger partial charge in [0.15, 0.2) is 0 Å². The summed E-state index contributed by atoms with van der Waals surface area (Å²) in [5.41, 5.74) is 0. The van der Waals surface area contributed by atoms with Gasteiger partial charge in [0, 0.05) is 45.7 Å². The highest BCUT2D eigenvalue weighted by molar-refractivity contribution is 5.87. The zero-order valence-corrected chi connectivity index (χ0v) is 24.0. The van der Waals surface area contributed by atoms with Crippen molar-refractivity contribution in [2.45, 2.75) is 103 Å². The van der Waals surface area contributed by atoms with Gasteiger partial charge >= 0.3 is 17.9 Å². The molecule has 0 fully saturated rings. The lowest BCUT2D eigenvalue weighted by Crippen LogP contribution is -2.45. The molecule has 16 nitrogen and oxygen atoms in total. The van der Waals surface area contributed by atoms with Crippen LogP contribution in [-0.2, 0) is 38.4 Å². The van der Waals surface area contributed by atoms with Crippen LogP contribution < -0.4 is 26.6 Å². The van der Waals surface area contributed by atoms with Gasteiger partial charge in [-0.3, -0.25) is 24.0 Å². The second-order valence-corrected chi connectivity index (χ2v) is 9.63. The van der Waals surface area contributed by atoms with E-state index in [0.717, 1.165) is 26.2 Å². The minimum absolute atomic E-state index is 0.118. The van der Waals surface area contributed by atoms with E-state index in [0.29, 0.717) is 13.0 Å². The fourth-order valence-corrected chi connectivity index (χ4v) is 3.63. The van der Waals surface area contributed by atoms with Crippen molar-refractivity contribution < 1.29 is 53.7 Å². The number of carboxylic acid groups (broad SMARTS) is 3. The molecule has 0 aliphatic rings. The minimum Gasteiger partial charge on any atom is -0.480 e. The van der Waals surface area contributed by atoms with E-state index in [1.165, 1.54) is 0 Å². The van der Waals surface area contributed by atoms with Crippen LogP contribution in [0.25, 0.3) is 0 Å². The first-order valence-corrected chi connectivity index (χ1v) is 13.8. The number of carbonyl (C=O) groups is 8. The molecule has 5 amide bonds. The molecule has 16 heteroatoms. The molecular formula is C26H43N5O11. The molecule has 0 spiro atoms. The second kappa shape index (κ2) is 21.5. The first kappa shape index (κ1) is 37.8. The standard InChI is InChI=1S/C26H43N5O11/c1-3-4-5-14-27-20(33)7-6-15-28-21(34)11-8-18(25(39)40)30-23(36)13-10-19(26(41)42)31-22(35)12-9-17(24(37)38)29-16(2)32/h17-19H,3-15H2,1-2H3,(H,27,33)(H,28,34)(H,29,32)(H,30,36)(H,31,35)(H,37,38)(H,39,40)(H,41,42)/t17?,18-,19-/m0/s1. The molecule has 0 saturated heterocycles. The SMILES string of the molecule is CCCCCNC(=O)CCCNC(=O)CC[C@H](NC(=O)CC[C@H](NC(=O)CCC(NC(C)=O)C(=O)O)C(=O)O)C(=O)O. The molecule has 8 N–H and O–H groups in total. The van der Waals surface area contributed by atoms with Crippen LogP contribution in [0.1, 0.15) is 84.5 Å². The van der Waals surface area contributed by atoms with Gasteiger partial charge in [-0.1, -0.05) is 19.8 Å². The number of unbranched alkanes of at least 4 members (excludes halogenated alkanes) is 2. The van der Waals surface area contributed by atoms with Gasteiger partial charge in [0.1, 0.15) is 18.1 Å². The van der Waals surface area contributed by atoms with Gasteiger partial charge in [0.2, 0.25) is 29.5 Å². The van der Waals surface area contributed by atoms with Crippen LogP contribution in [0.15, 0.2) is 0 Å². The Hall–Kier alpha value is -4.24. The van der Waals surface area contributed by atoms with E-state index < -0.39 is 72.5 Å². The van der Waals surface area contributed by atoms with Crippen molar-refractivity contribution in [3.05, 3.63) is 0 Å². The zero-order valence-electron chi connectivity index (χ0n) is 24.0. The average Bonchev–Trinajstić information content (AvgIpc) is 2.90. The number of carboxylic acids is 3. The van der Waals surface area contributed by atoms with E-state index in [1.54, 1.807) is 0 Å². The summed E-state index contributed by atoms with van der Waals surface area (Å²) in [5, 5.41) is 39.7. The highest BCUT2D eigenvalue weighted by atomic mass is 16.4.